The van der Waals surface area contributed by atoms with Crippen molar-refractivity contribution in [2.45, 2.75) is 33.1 Å². The molecule has 8 aromatic rings. The summed E-state index contributed by atoms with van der Waals surface area (Å²) in [6.45, 7) is 9.22. The van der Waals surface area contributed by atoms with E-state index in [4.69, 9.17) is 0 Å². The summed E-state index contributed by atoms with van der Waals surface area (Å²) in [7, 11) is 2.18. The Morgan fingerprint density at radius 1 is 0.511 bits per heavy atom. The molecule has 0 amide bonds. The Morgan fingerprint density at radius 3 is 1.68 bits per heavy atom. The minimum absolute atomic E-state index is 0.0171. The number of aromatic nitrogens is 2. The van der Waals surface area contributed by atoms with Crippen LogP contribution in [0.1, 0.15) is 31.9 Å². The zero-order valence-corrected chi connectivity index (χ0v) is 27.8. The predicted molar refractivity (Wildman–Crippen MR) is 199 cm³/mol. The van der Waals surface area contributed by atoms with Gasteiger partial charge in [-0.25, -0.2) is 4.57 Å². The molecule has 0 unspecified atom stereocenters. The van der Waals surface area contributed by atoms with Gasteiger partial charge >= 0.3 is 0 Å². The van der Waals surface area contributed by atoms with Crippen LogP contribution < -0.4 is 4.57 Å². The molecule has 6 aromatic carbocycles. The maximum Gasteiger partial charge on any atom is 0.214 e. The van der Waals surface area contributed by atoms with E-state index < -0.39 is 0 Å². The van der Waals surface area contributed by atoms with Crippen LogP contribution in [0.15, 0.2) is 146 Å². The van der Waals surface area contributed by atoms with Crippen LogP contribution in [-0.2, 0) is 12.5 Å². The first-order chi connectivity index (χ1) is 22.8. The van der Waals surface area contributed by atoms with Gasteiger partial charge in [0.1, 0.15) is 7.05 Å². The number of hydrogen-bond donors (Lipinski definition) is 0. The second kappa shape index (κ2) is 11.1. The van der Waals surface area contributed by atoms with Crippen molar-refractivity contribution in [2.75, 3.05) is 0 Å². The lowest BCUT2D eigenvalue weighted by molar-refractivity contribution is -0.659. The quantitative estimate of drug-likeness (QED) is 0.176. The molecule has 0 aliphatic rings. The van der Waals surface area contributed by atoms with E-state index in [1.807, 2.05) is 0 Å². The van der Waals surface area contributed by atoms with Crippen LogP contribution >= 0.6 is 0 Å². The van der Waals surface area contributed by atoms with Crippen molar-refractivity contribution in [3.63, 3.8) is 0 Å². The lowest BCUT2D eigenvalue weighted by Gasteiger charge is -2.24. The van der Waals surface area contributed by atoms with Crippen LogP contribution in [0.3, 0.4) is 0 Å². The average molecular weight is 608 g/mol. The first-order valence-corrected chi connectivity index (χ1v) is 16.5. The van der Waals surface area contributed by atoms with Crippen molar-refractivity contribution in [3.8, 4) is 39.2 Å². The smallest absolute Gasteiger partial charge is 0.214 e. The van der Waals surface area contributed by atoms with Gasteiger partial charge < -0.3 is 4.57 Å². The average Bonchev–Trinajstić information content (AvgIpc) is 3.41. The number of hydrogen-bond acceptors (Lipinski definition) is 0. The van der Waals surface area contributed by atoms with Gasteiger partial charge in [-0.2, -0.15) is 0 Å². The highest BCUT2D eigenvalue weighted by atomic mass is 15.0. The zero-order chi connectivity index (χ0) is 32.3. The number of nitrogens with zero attached hydrogens (tertiary/aromatic N) is 2. The summed E-state index contributed by atoms with van der Waals surface area (Å²) in [5, 5.41) is 5.18. The van der Waals surface area contributed by atoms with Crippen LogP contribution in [0.4, 0.5) is 0 Å². The molecule has 2 heterocycles. The first kappa shape index (κ1) is 29.0. The molecule has 0 N–H and O–H groups in total. The second-order valence-electron chi connectivity index (χ2n) is 13.8. The van der Waals surface area contributed by atoms with Gasteiger partial charge in [0, 0.05) is 17.1 Å². The Balaban J connectivity index is 1.28. The van der Waals surface area contributed by atoms with Crippen molar-refractivity contribution in [3.05, 3.63) is 157 Å². The van der Waals surface area contributed by atoms with Gasteiger partial charge in [0.05, 0.1) is 22.0 Å². The van der Waals surface area contributed by atoms with E-state index in [1.165, 1.54) is 77.2 Å². The summed E-state index contributed by atoms with van der Waals surface area (Å²) in [5.74, 6) is 0. The minimum Gasteiger partial charge on any atom is -0.309 e. The number of fused-ring (bicyclic) bond motifs is 4. The summed E-state index contributed by atoms with van der Waals surface area (Å²) >= 11 is 0. The van der Waals surface area contributed by atoms with Crippen LogP contribution in [0.5, 0.6) is 0 Å². The van der Waals surface area contributed by atoms with Gasteiger partial charge in [-0.15, -0.1) is 0 Å². The second-order valence-corrected chi connectivity index (χ2v) is 13.8. The van der Waals surface area contributed by atoms with E-state index in [9.17, 15) is 0 Å². The molecule has 0 atom stereocenters. The number of pyridine rings is 1. The van der Waals surface area contributed by atoms with Gasteiger partial charge in [0.25, 0.3) is 0 Å². The third-order valence-corrected chi connectivity index (χ3v) is 9.78. The topological polar surface area (TPSA) is 8.81 Å². The van der Waals surface area contributed by atoms with Gasteiger partial charge in [0.15, 0.2) is 6.20 Å². The van der Waals surface area contributed by atoms with Gasteiger partial charge in [-0.05, 0) is 80.8 Å². The molecular formula is C45H39N2+. The van der Waals surface area contributed by atoms with E-state index in [-0.39, 0.29) is 5.41 Å². The largest absolute Gasteiger partial charge is 0.309 e. The maximum atomic E-state index is 2.43. The van der Waals surface area contributed by atoms with Crippen molar-refractivity contribution in [1.29, 1.82) is 0 Å². The number of aryl methyl sites for hydroxylation is 2. The fraction of sp³-hybridized carbons (Fsp3) is 0.133. The highest BCUT2D eigenvalue weighted by Crippen LogP contribution is 2.39. The van der Waals surface area contributed by atoms with Crippen LogP contribution in [0.2, 0.25) is 0 Å². The molecule has 2 nitrogen and oxygen atoms in total. The molecule has 0 saturated heterocycles. The van der Waals surface area contributed by atoms with Crippen LogP contribution in [0.25, 0.3) is 71.8 Å². The summed E-state index contributed by atoms with van der Waals surface area (Å²) in [5.41, 5.74) is 13.7. The molecule has 0 fully saturated rings. The zero-order valence-electron chi connectivity index (χ0n) is 27.8. The normalized spacial score (nSPS) is 11.9. The third-order valence-electron chi connectivity index (χ3n) is 9.78. The molecule has 0 radical (unpaired) electrons. The van der Waals surface area contributed by atoms with Gasteiger partial charge in [-0.1, -0.05) is 130 Å². The molecule has 0 saturated carbocycles. The van der Waals surface area contributed by atoms with Gasteiger partial charge in [-0.3, -0.25) is 0 Å². The number of para-hydroxylation sites is 1. The molecule has 2 heteroatoms. The molecule has 2 aromatic heterocycles. The predicted octanol–water partition coefficient (Wildman–Crippen LogP) is 11.4. The van der Waals surface area contributed by atoms with Crippen LogP contribution in [0, 0.1) is 6.92 Å². The van der Waals surface area contributed by atoms with Crippen LogP contribution in [-0.4, -0.2) is 4.57 Å². The van der Waals surface area contributed by atoms with Crippen molar-refractivity contribution in [2.24, 2.45) is 7.05 Å². The molecule has 0 aliphatic carbocycles. The van der Waals surface area contributed by atoms with E-state index >= 15 is 0 Å². The van der Waals surface area contributed by atoms with E-state index in [1.54, 1.807) is 0 Å². The first-order valence-electron chi connectivity index (χ1n) is 16.5. The molecule has 228 valence electrons. The lowest BCUT2D eigenvalue weighted by atomic mass is 9.80. The Kier molecular flexibility index (Phi) is 6.84. The summed E-state index contributed by atoms with van der Waals surface area (Å²) in [6.07, 6.45) is 2.32. The molecule has 8 rings (SSSR count). The highest BCUT2D eigenvalue weighted by Gasteiger charge is 2.25. The fourth-order valence-electron chi connectivity index (χ4n) is 7.30. The third kappa shape index (κ3) is 4.93. The SMILES string of the molecule is Cc1c(-c2cc3c(c[n+]2C)c2ccccc2n3-c2ccc(-c3ccc(-c4ccccc4)cc3)cc2)cc(C(C)(C)C)c2ccccc12. The molecule has 47 heavy (non-hydrogen) atoms. The summed E-state index contributed by atoms with van der Waals surface area (Å²) in [6, 6.07) is 50.9. The Labute approximate surface area is 277 Å². The maximum absolute atomic E-state index is 2.43. The highest BCUT2D eigenvalue weighted by molar-refractivity contribution is 6.09. The van der Waals surface area contributed by atoms with Crippen molar-refractivity contribution >= 4 is 32.6 Å². The lowest BCUT2D eigenvalue weighted by Crippen LogP contribution is -2.31. The fourth-order valence-corrected chi connectivity index (χ4v) is 7.30. The van der Waals surface area contributed by atoms with Crippen molar-refractivity contribution < 1.29 is 4.57 Å². The molecule has 0 aliphatic heterocycles. The minimum atomic E-state index is 0.0171. The van der Waals surface area contributed by atoms with Crippen molar-refractivity contribution in [1.82, 2.24) is 4.57 Å². The van der Waals surface area contributed by atoms with E-state index in [2.05, 4.69) is 190 Å². The molecule has 0 bridgehead atoms. The molecule has 0 spiro atoms. The Morgan fingerprint density at radius 2 is 1.04 bits per heavy atom. The summed E-state index contributed by atoms with van der Waals surface area (Å²) in [4.78, 5) is 0. The Bertz CT molecular complexity index is 2420. The van der Waals surface area contributed by atoms with Gasteiger partial charge in [0.2, 0.25) is 5.69 Å². The number of benzene rings is 6. The Hall–Kier alpha value is -5.47. The standard InChI is InChI=1S/C45H39N2/c1-30-36-15-9-10-16-37(36)41(45(2,3)4)27-39(30)43-28-44-40(29-46(43)5)38-17-11-12-18-42(38)47(44)35-25-23-34(24-26-35)33-21-19-32(20-22-33)31-13-7-6-8-14-31/h6-29H,1-5H3/q+1. The van der Waals surface area contributed by atoms with E-state index in [0.29, 0.717) is 0 Å². The number of rotatable bonds is 4. The van der Waals surface area contributed by atoms with E-state index in [0.717, 1.165) is 5.69 Å². The summed E-state index contributed by atoms with van der Waals surface area (Å²) < 4.78 is 4.74. The monoisotopic (exact) mass is 607 g/mol. The molecular weight excluding hydrogens is 569 g/mol.